The van der Waals surface area contributed by atoms with Crippen molar-refractivity contribution in [2.75, 3.05) is 6.54 Å². The second-order valence-corrected chi connectivity index (χ2v) is 5.42. The molecular weight excluding hydrogens is 273 g/mol. The van der Waals surface area contributed by atoms with Crippen molar-refractivity contribution in [3.05, 3.63) is 33.8 Å². The van der Waals surface area contributed by atoms with Crippen LogP contribution in [-0.4, -0.2) is 28.9 Å². The van der Waals surface area contributed by atoms with Gasteiger partial charge in [-0.25, -0.2) is 0 Å². The highest BCUT2D eigenvalue weighted by Gasteiger charge is 2.14. The van der Waals surface area contributed by atoms with Gasteiger partial charge in [-0.3, -0.25) is 0 Å². The van der Waals surface area contributed by atoms with E-state index in [1.54, 1.807) is 25.1 Å². The maximum Gasteiger partial charge on any atom is 0.0929 e. The molecule has 0 radical (unpaired) electrons. The molecule has 0 aliphatic carbocycles. The fraction of sp³-hybridized carbons (Fsp3) is 0.538. The van der Waals surface area contributed by atoms with E-state index in [9.17, 15) is 10.2 Å². The Kier molecular flexibility index (Phi) is 6.39. The van der Waals surface area contributed by atoms with Crippen LogP contribution in [0.25, 0.3) is 0 Å². The third kappa shape index (κ3) is 5.12. The van der Waals surface area contributed by atoms with Crippen LogP contribution < -0.4 is 5.32 Å². The van der Waals surface area contributed by atoms with Gasteiger partial charge in [0.05, 0.1) is 12.2 Å². The van der Waals surface area contributed by atoms with Crippen LogP contribution in [0.3, 0.4) is 0 Å². The first-order valence-corrected chi connectivity index (χ1v) is 6.70. The molecule has 3 atom stereocenters. The van der Waals surface area contributed by atoms with Gasteiger partial charge in [0.25, 0.3) is 0 Å². The van der Waals surface area contributed by atoms with Crippen LogP contribution in [0.15, 0.2) is 18.2 Å². The van der Waals surface area contributed by atoms with E-state index in [1.165, 1.54) is 0 Å². The zero-order valence-corrected chi connectivity index (χ0v) is 12.0. The van der Waals surface area contributed by atoms with Crippen molar-refractivity contribution in [1.82, 2.24) is 5.32 Å². The summed E-state index contributed by atoms with van der Waals surface area (Å²) in [6.07, 6.45) is -0.442. The lowest BCUT2D eigenvalue weighted by Gasteiger charge is -2.19. The molecule has 0 bridgehead atoms. The number of hydrogen-bond donors (Lipinski definition) is 3. The molecule has 18 heavy (non-hydrogen) atoms. The van der Waals surface area contributed by atoms with Gasteiger partial charge in [0.15, 0.2) is 0 Å². The van der Waals surface area contributed by atoms with Crippen molar-refractivity contribution in [2.45, 2.75) is 38.5 Å². The molecule has 3 unspecified atom stereocenters. The predicted octanol–water partition coefficient (Wildman–Crippen LogP) is 2.78. The van der Waals surface area contributed by atoms with Crippen molar-refractivity contribution in [1.29, 1.82) is 0 Å². The Balaban J connectivity index is 2.54. The first-order chi connectivity index (χ1) is 8.40. The van der Waals surface area contributed by atoms with Gasteiger partial charge in [0.2, 0.25) is 0 Å². The molecule has 0 saturated heterocycles. The van der Waals surface area contributed by atoms with Gasteiger partial charge in [-0.1, -0.05) is 23.2 Å². The highest BCUT2D eigenvalue weighted by Crippen LogP contribution is 2.26. The van der Waals surface area contributed by atoms with Crippen molar-refractivity contribution in [3.8, 4) is 0 Å². The summed E-state index contributed by atoms with van der Waals surface area (Å²) in [7, 11) is 0. The molecule has 3 N–H and O–H groups in total. The predicted molar refractivity (Wildman–Crippen MR) is 75.2 cm³/mol. The lowest BCUT2D eigenvalue weighted by atomic mass is 10.1. The third-order valence-corrected chi connectivity index (χ3v) is 3.25. The van der Waals surface area contributed by atoms with E-state index in [0.29, 0.717) is 28.6 Å². The molecule has 0 saturated carbocycles. The van der Waals surface area contributed by atoms with E-state index in [4.69, 9.17) is 23.2 Å². The number of aliphatic hydroxyl groups is 2. The van der Waals surface area contributed by atoms with E-state index in [0.717, 1.165) is 0 Å². The van der Waals surface area contributed by atoms with E-state index in [-0.39, 0.29) is 12.1 Å². The highest BCUT2D eigenvalue weighted by molar-refractivity contribution is 6.33. The second-order valence-electron chi connectivity index (χ2n) is 4.58. The van der Waals surface area contributed by atoms with Gasteiger partial charge < -0.3 is 15.5 Å². The lowest BCUT2D eigenvalue weighted by molar-refractivity contribution is 0.149. The van der Waals surface area contributed by atoms with Crippen molar-refractivity contribution < 1.29 is 10.2 Å². The summed E-state index contributed by atoms with van der Waals surface area (Å²) >= 11 is 11.9. The van der Waals surface area contributed by atoms with E-state index < -0.39 is 6.10 Å². The summed E-state index contributed by atoms with van der Waals surface area (Å²) in [4.78, 5) is 0. The molecule has 0 fully saturated rings. The summed E-state index contributed by atoms with van der Waals surface area (Å²) in [5, 5.41) is 23.5. The average molecular weight is 292 g/mol. The first-order valence-electron chi connectivity index (χ1n) is 5.94. The third-order valence-electron chi connectivity index (χ3n) is 2.67. The summed E-state index contributed by atoms with van der Waals surface area (Å²) in [5.41, 5.74) is 0.612. The molecule has 1 rings (SSSR count). The van der Waals surface area contributed by atoms with Gasteiger partial charge >= 0.3 is 0 Å². The van der Waals surface area contributed by atoms with Crippen LogP contribution in [-0.2, 0) is 0 Å². The second kappa shape index (κ2) is 7.31. The molecule has 1 aromatic carbocycles. The van der Waals surface area contributed by atoms with Gasteiger partial charge in [0.1, 0.15) is 0 Å². The Morgan fingerprint density at radius 1 is 1.22 bits per heavy atom. The molecule has 0 amide bonds. The zero-order valence-electron chi connectivity index (χ0n) is 10.5. The topological polar surface area (TPSA) is 52.5 Å². The zero-order chi connectivity index (χ0) is 13.7. The fourth-order valence-electron chi connectivity index (χ4n) is 1.79. The van der Waals surface area contributed by atoms with E-state index in [2.05, 4.69) is 5.32 Å². The van der Waals surface area contributed by atoms with Crippen molar-refractivity contribution in [3.63, 3.8) is 0 Å². The number of halogens is 2. The molecule has 1 aromatic rings. The summed E-state index contributed by atoms with van der Waals surface area (Å²) in [6, 6.07) is 5.14. The van der Waals surface area contributed by atoms with Crippen molar-refractivity contribution in [2.24, 2.45) is 0 Å². The minimum Gasteiger partial charge on any atom is -0.393 e. The fourth-order valence-corrected chi connectivity index (χ4v) is 2.21. The summed E-state index contributed by atoms with van der Waals surface area (Å²) < 4.78 is 0. The molecule has 3 nitrogen and oxygen atoms in total. The van der Waals surface area contributed by atoms with Crippen LogP contribution in [0.5, 0.6) is 0 Å². The SMILES string of the molecule is CC(O)CC(C)NCC(O)c1cc(Cl)ccc1Cl. The Morgan fingerprint density at radius 3 is 2.50 bits per heavy atom. The maximum absolute atomic E-state index is 10.0. The monoisotopic (exact) mass is 291 g/mol. The Morgan fingerprint density at radius 2 is 1.89 bits per heavy atom. The highest BCUT2D eigenvalue weighted by atomic mass is 35.5. The molecular formula is C13H19Cl2NO2. The molecule has 0 aliphatic heterocycles. The Labute approximate surface area is 118 Å². The Hall–Kier alpha value is -0.320. The van der Waals surface area contributed by atoms with Gasteiger partial charge in [-0.05, 0) is 38.5 Å². The number of hydrogen-bond acceptors (Lipinski definition) is 3. The normalized spacial score (nSPS) is 16.3. The van der Waals surface area contributed by atoms with Crippen LogP contribution in [0.2, 0.25) is 10.0 Å². The van der Waals surface area contributed by atoms with Crippen LogP contribution in [0.4, 0.5) is 0 Å². The maximum atomic E-state index is 10.0. The Bertz CT molecular complexity index is 385. The molecule has 0 aromatic heterocycles. The quantitative estimate of drug-likeness (QED) is 0.755. The minimum absolute atomic E-state index is 0.123. The number of benzene rings is 1. The molecule has 0 heterocycles. The van der Waals surface area contributed by atoms with E-state index >= 15 is 0 Å². The van der Waals surface area contributed by atoms with Crippen molar-refractivity contribution >= 4 is 23.2 Å². The van der Waals surface area contributed by atoms with Gasteiger partial charge in [0, 0.05) is 28.2 Å². The van der Waals surface area contributed by atoms with Gasteiger partial charge in [-0.2, -0.15) is 0 Å². The smallest absolute Gasteiger partial charge is 0.0929 e. The summed E-state index contributed by atoms with van der Waals surface area (Å²) in [6.45, 7) is 4.06. The molecule has 0 spiro atoms. The number of aliphatic hydroxyl groups excluding tert-OH is 2. The number of rotatable bonds is 6. The first kappa shape index (κ1) is 15.7. The van der Waals surface area contributed by atoms with Crippen LogP contribution >= 0.6 is 23.2 Å². The minimum atomic E-state index is -0.715. The largest absolute Gasteiger partial charge is 0.393 e. The standard InChI is InChI=1S/C13H19Cl2NO2/c1-8(5-9(2)17)16-7-13(18)11-6-10(14)3-4-12(11)15/h3-4,6,8-9,13,16-18H,5,7H2,1-2H3. The summed E-state index contributed by atoms with van der Waals surface area (Å²) in [5.74, 6) is 0. The van der Waals surface area contributed by atoms with Gasteiger partial charge in [-0.15, -0.1) is 0 Å². The molecule has 102 valence electrons. The van der Waals surface area contributed by atoms with Crippen LogP contribution in [0.1, 0.15) is 31.9 Å². The molecule has 5 heteroatoms. The molecule has 0 aliphatic rings. The number of nitrogens with one attached hydrogen (secondary N) is 1. The van der Waals surface area contributed by atoms with Crippen LogP contribution in [0, 0.1) is 0 Å². The lowest BCUT2D eigenvalue weighted by Crippen LogP contribution is -2.32. The van der Waals surface area contributed by atoms with E-state index in [1.807, 2.05) is 6.92 Å². The average Bonchev–Trinajstić information content (AvgIpc) is 2.28.